The molecule has 0 radical (unpaired) electrons. The van der Waals surface area contributed by atoms with E-state index in [1.54, 1.807) is 7.11 Å². The van der Waals surface area contributed by atoms with E-state index in [0.29, 0.717) is 11.3 Å². The fourth-order valence-corrected chi connectivity index (χ4v) is 1.81. The average Bonchev–Trinajstić information content (AvgIpc) is 2.46. The Balaban J connectivity index is 2.58. The topological polar surface area (TPSA) is 33.0 Å². The predicted molar refractivity (Wildman–Crippen MR) is 72.3 cm³/mol. The number of nitrogens with zero attached hydrogens (tertiary/aromatic N) is 1. The fraction of sp³-hybridized carbons (Fsp3) is 0.0625. The molecule has 2 rings (SSSR count). The minimum Gasteiger partial charge on any atom is -0.495 e. The van der Waals surface area contributed by atoms with Crippen LogP contribution in [0, 0.1) is 11.3 Å². The van der Waals surface area contributed by atoms with E-state index in [9.17, 15) is 5.26 Å². The van der Waals surface area contributed by atoms with Crippen molar-refractivity contribution in [2.75, 3.05) is 7.11 Å². The van der Waals surface area contributed by atoms with Gasteiger partial charge in [-0.1, -0.05) is 60.7 Å². The second-order valence-electron chi connectivity index (χ2n) is 3.75. The smallest absolute Gasteiger partial charge is 0.144 e. The number of rotatable bonds is 3. The van der Waals surface area contributed by atoms with Gasteiger partial charge in [-0.2, -0.15) is 5.26 Å². The molecule has 0 aliphatic heterocycles. The average molecular weight is 235 g/mol. The molecule has 0 saturated carbocycles. The first-order valence-electron chi connectivity index (χ1n) is 5.66. The molecule has 0 bridgehead atoms. The summed E-state index contributed by atoms with van der Waals surface area (Å²) in [4.78, 5) is 0. The lowest BCUT2D eigenvalue weighted by atomic mass is 10.0. The molecule has 0 unspecified atom stereocenters. The summed E-state index contributed by atoms with van der Waals surface area (Å²) in [5.41, 5.74) is 2.31. The summed E-state index contributed by atoms with van der Waals surface area (Å²) < 4.78 is 5.40. The highest BCUT2D eigenvalue weighted by molar-refractivity contribution is 5.94. The Morgan fingerprint density at radius 2 is 1.39 bits per heavy atom. The number of nitriles is 1. The molecule has 18 heavy (non-hydrogen) atoms. The van der Waals surface area contributed by atoms with E-state index in [1.807, 2.05) is 60.7 Å². The summed E-state index contributed by atoms with van der Waals surface area (Å²) >= 11 is 0. The molecular weight excluding hydrogens is 222 g/mol. The van der Waals surface area contributed by atoms with Crippen LogP contribution in [0.25, 0.3) is 11.3 Å². The lowest BCUT2D eigenvalue weighted by molar-refractivity contribution is 0.372. The Morgan fingerprint density at radius 3 is 1.83 bits per heavy atom. The maximum absolute atomic E-state index is 9.35. The Kier molecular flexibility index (Phi) is 3.78. The summed E-state index contributed by atoms with van der Waals surface area (Å²) in [6.45, 7) is 0. The van der Waals surface area contributed by atoms with Crippen LogP contribution in [0.3, 0.4) is 0 Å². The number of ether oxygens (including phenoxy) is 1. The van der Waals surface area contributed by atoms with Crippen LogP contribution in [0.5, 0.6) is 0 Å². The van der Waals surface area contributed by atoms with E-state index in [2.05, 4.69) is 6.07 Å². The van der Waals surface area contributed by atoms with Gasteiger partial charge in [-0.25, -0.2) is 0 Å². The number of methoxy groups -OCH3 is 1. The standard InChI is InChI=1S/C16H13NO/c1-18-16(14-10-6-3-7-11-14)15(12-17)13-8-4-2-5-9-13/h2-11H,1H3. The zero-order chi connectivity index (χ0) is 12.8. The molecule has 0 N–H and O–H groups in total. The second-order valence-corrected chi connectivity index (χ2v) is 3.75. The van der Waals surface area contributed by atoms with Gasteiger partial charge in [0.05, 0.1) is 7.11 Å². The van der Waals surface area contributed by atoms with Gasteiger partial charge >= 0.3 is 0 Å². The first-order chi connectivity index (χ1) is 8.86. The molecule has 0 heterocycles. The SMILES string of the molecule is COC(=C(C#N)c1ccccc1)c1ccccc1. The van der Waals surface area contributed by atoms with Crippen LogP contribution in [-0.2, 0) is 4.74 Å². The number of hydrogen-bond acceptors (Lipinski definition) is 2. The van der Waals surface area contributed by atoms with Gasteiger partial charge in [0, 0.05) is 5.56 Å². The van der Waals surface area contributed by atoms with Gasteiger partial charge in [-0.05, 0) is 5.56 Å². The summed E-state index contributed by atoms with van der Waals surface area (Å²) in [5.74, 6) is 0.601. The Labute approximate surface area is 107 Å². The van der Waals surface area contributed by atoms with E-state index in [1.165, 1.54) is 0 Å². The van der Waals surface area contributed by atoms with Crippen molar-refractivity contribution < 1.29 is 4.74 Å². The van der Waals surface area contributed by atoms with Gasteiger partial charge in [0.1, 0.15) is 17.4 Å². The summed E-state index contributed by atoms with van der Waals surface area (Å²) in [7, 11) is 1.59. The van der Waals surface area contributed by atoms with Crippen molar-refractivity contribution in [3.05, 3.63) is 71.8 Å². The monoisotopic (exact) mass is 235 g/mol. The Bertz CT molecular complexity index is 579. The van der Waals surface area contributed by atoms with Gasteiger partial charge in [-0.15, -0.1) is 0 Å². The molecule has 0 fully saturated rings. The van der Waals surface area contributed by atoms with Crippen LogP contribution in [-0.4, -0.2) is 7.11 Å². The summed E-state index contributed by atoms with van der Waals surface area (Å²) in [5, 5.41) is 9.35. The molecule has 0 aliphatic rings. The molecular formula is C16H13NO. The van der Waals surface area contributed by atoms with Gasteiger partial charge in [-0.3, -0.25) is 0 Å². The van der Waals surface area contributed by atoms with Crippen molar-refractivity contribution >= 4 is 11.3 Å². The highest BCUT2D eigenvalue weighted by Crippen LogP contribution is 2.26. The van der Waals surface area contributed by atoms with Crippen LogP contribution in [0.4, 0.5) is 0 Å². The predicted octanol–water partition coefficient (Wildman–Crippen LogP) is 3.72. The summed E-state index contributed by atoms with van der Waals surface area (Å²) in [6.07, 6.45) is 0. The van der Waals surface area contributed by atoms with Gasteiger partial charge in [0.15, 0.2) is 0 Å². The molecule has 0 spiro atoms. The molecule has 2 nitrogen and oxygen atoms in total. The number of hydrogen-bond donors (Lipinski definition) is 0. The van der Waals surface area contributed by atoms with Gasteiger partial charge < -0.3 is 4.74 Å². The van der Waals surface area contributed by atoms with Crippen molar-refractivity contribution in [2.45, 2.75) is 0 Å². The van der Waals surface area contributed by atoms with Crippen molar-refractivity contribution in [1.82, 2.24) is 0 Å². The third-order valence-corrected chi connectivity index (χ3v) is 2.64. The van der Waals surface area contributed by atoms with Crippen LogP contribution in [0.15, 0.2) is 60.7 Å². The Hall–Kier alpha value is -2.53. The molecule has 2 heteroatoms. The summed E-state index contributed by atoms with van der Waals surface area (Å²) in [6, 6.07) is 21.4. The van der Waals surface area contributed by atoms with Crippen molar-refractivity contribution in [2.24, 2.45) is 0 Å². The molecule has 0 amide bonds. The molecule has 0 saturated heterocycles. The molecule has 2 aromatic carbocycles. The van der Waals surface area contributed by atoms with E-state index >= 15 is 0 Å². The molecule has 88 valence electrons. The maximum atomic E-state index is 9.35. The van der Waals surface area contributed by atoms with Crippen molar-refractivity contribution in [1.29, 1.82) is 5.26 Å². The first kappa shape index (κ1) is 11.9. The van der Waals surface area contributed by atoms with E-state index in [-0.39, 0.29) is 0 Å². The maximum Gasteiger partial charge on any atom is 0.144 e. The largest absolute Gasteiger partial charge is 0.495 e. The zero-order valence-electron chi connectivity index (χ0n) is 10.1. The van der Waals surface area contributed by atoms with Crippen LogP contribution < -0.4 is 0 Å². The third kappa shape index (κ3) is 2.41. The lowest BCUT2D eigenvalue weighted by Crippen LogP contribution is -1.93. The van der Waals surface area contributed by atoms with Gasteiger partial charge in [0.25, 0.3) is 0 Å². The fourth-order valence-electron chi connectivity index (χ4n) is 1.81. The quantitative estimate of drug-likeness (QED) is 0.461. The third-order valence-electron chi connectivity index (χ3n) is 2.64. The molecule has 0 aromatic heterocycles. The van der Waals surface area contributed by atoms with E-state index < -0.39 is 0 Å². The highest BCUT2D eigenvalue weighted by atomic mass is 16.5. The molecule has 0 aliphatic carbocycles. The number of benzene rings is 2. The van der Waals surface area contributed by atoms with E-state index in [4.69, 9.17) is 4.74 Å². The van der Waals surface area contributed by atoms with E-state index in [0.717, 1.165) is 11.1 Å². The first-order valence-corrected chi connectivity index (χ1v) is 5.66. The minimum absolute atomic E-state index is 0.546. The van der Waals surface area contributed by atoms with Crippen LogP contribution >= 0.6 is 0 Å². The Morgan fingerprint density at radius 1 is 0.889 bits per heavy atom. The van der Waals surface area contributed by atoms with Crippen LogP contribution in [0.1, 0.15) is 11.1 Å². The highest BCUT2D eigenvalue weighted by Gasteiger charge is 2.11. The zero-order valence-corrected chi connectivity index (χ0v) is 10.1. The lowest BCUT2D eigenvalue weighted by Gasteiger charge is -2.09. The van der Waals surface area contributed by atoms with Crippen molar-refractivity contribution in [3.8, 4) is 6.07 Å². The van der Waals surface area contributed by atoms with Crippen molar-refractivity contribution in [3.63, 3.8) is 0 Å². The van der Waals surface area contributed by atoms with Crippen LogP contribution in [0.2, 0.25) is 0 Å². The minimum atomic E-state index is 0.546. The molecule has 0 atom stereocenters. The second kappa shape index (κ2) is 5.70. The molecule has 2 aromatic rings. The number of allylic oxidation sites excluding steroid dienone is 1. The normalized spacial score (nSPS) is 11.3. The van der Waals surface area contributed by atoms with Gasteiger partial charge in [0.2, 0.25) is 0 Å².